The van der Waals surface area contributed by atoms with Gasteiger partial charge in [-0.05, 0) is 98.0 Å². The zero-order chi connectivity index (χ0) is 43.0. The predicted octanol–water partition coefficient (Wildman–Crippen LogP) is 5.27. The summed E-state index contributed by atoms with van der Waals surface area (Å²) in [6.07, 6.45) is 1.21. The minimum Gasteiger partial charge on any atom is -0.457 e. The van der Waals surface area contributed by atoms with Crippen LogP contribution < -0.4 is 5.43 Å². The normalized spacial score (nSPS) is 37.8. The third-order valence-electron chi connectivity index (χ3n) is 13.8. The van der Waals surface area contributed by atoms with E-state index in [0.29, 0.717) is 19.4 Å². The average Bonchev–Trinajstić information content (AvgIpc) is 3.45. The number of nitrogens with one attached hydrogen (secondary N) is 1. The summed E-state index contributed by atoms with van der Waals surface area (Å²) >= 11 is 0. The highest BCUT2D eigenvalue weighted by molar-refractivity contribution is 6.00. The molecule has 1 aromatic carbocycles. The summed E-state index contributed by atoms with van der Waals surface area (Å²) in [5, 5.41) is 14.0. The molecule has 13 atom stereocenters. The largest absolute Gasteiger partial charge is 0.457 e. The molecule has 3 aliphatic heterocycles. The summed E-state index contributed by atoms with van der Waals surface area (Å²) in [6, 6.07) is 8.83. The van der Waals surface area contributed by atoms with Crippen molar-refractivity contribution in [2.45, 2.75) is 147 Å². The fraction of sp³-hybridized carbons (Fsp3) is 0.711. The van der Waals surface area contributed by atoms with Gasteiger partial charge >= 0.3 is 12.1 Å². The number of hydrazine groups is 1. The van der Waals surface area contributed by atoms with Gasteiger partial charge in [0, 0.05) is 55.0 Å². The van der Waals surface area contributed by atoms with Gasteiger partial charge in [-0.1, -0.05) is 45.4 Å². The Labute approximate surface area is 348 Å². The number of aliphatic hydroxyl groups is 1. The number of methoxy groups -OCH3 is 1. The highest BCUT2D eigenvalue weighted by Crippen LogP contribution is 2.47. The van der Waals surface area contributed by atoms with Gasteiger partial charge in [0.05, 0.1) is 23.3 Å². The summed E-state index contributed by atoms with van der Waals surface area (Å²) in [5.74, 6) is -5.10. The Kier molecular flexibility index (Phi) is 13.9. The maximum Gasteiger partial charge on any atom is 0.425 e. The molecule has 326 valence electrons. The lowest BCUT2D eigenvalue weighted by Crippen LogP contribution is -2.63. The molecule has 0 unspecified atom stereocenters. The van der Waals surface area contributed by atoms with E-state index in [4.69, 9.17) is 23.7 Å². The zero-order valence-electron chi connectivity index (χ0n) is 36.5. The van der Waals surface area contributed by atoms with Crippen LogP contribution in [0.2, 0.25) is 0 Å². The molecule has 0 radical (unpaired) electrons. The van der Waals surface area contributed by atoms with Gasteiger partial charge in [0.25, 0.3) is 0 Å². The van der Waals surface area contributed by atoms with E-state index in [9.17, 15) is 24.3 Å². The average molecular weight is 823 g/mol. The van der Waals surface area contributed by atoms with Gasteiger partial charge in [0.15, 0.2) is 17.7 Å². The minimum absolute atomic E-state index is 0.126. The number of likely N-dealkylation sites (N-methyl/N-ethyl adjacent to an activating group) is 1. The van der Waals surface area contributed by atoms with Crippen molar-refractivity contribution in [3.63, 3.8) is 0 Å². The summed E-state index contributed by atoms with van der Waals surface area (Å²) in [6.45, 7) is 12.7. The number of ketones is 2. The molecule has 0 spiro atoms. The number of pyridine rings is 1. The van der Waals surface area contributed by atoms with Crippen molar-refractivity contribution in [2.75, 3.05) is 27.7 Å². The van der Waals surface area contributed by atoms with Crippen LogP contribution in [0.5, 0.6) is 0 Å². The van der Waals surface area contributed by atoms with Gasteiger partial charge < -0.3 is 33.7 Å². The van der Waals surface area contributed by atoms with Crippen molar-refractivity contribution in [3.05, 3.63) is 42.1 Å². The monoisotopic (exact) mass is 822 g/mol. The molecule has 4 heterocycles. The number of carbonyl (C=O) groups is 4. The number of carbonyl (C=O) groups excluding carboxylic acids is 4. The van der Waals surface area contributed by atoms with Crippen LogP contribution in [0, 0.1) is 29.6 Å². The number of Topliss-reactive ketones (excluding diaryl/α,β-unsaturated/α-hetero) is 2. The molecule has 2 aromatic rings. The lowest BCUT2D eigenvalue weighted by atomic mass is 9.69. The van der Waals surface area contributed by atoms with E-state index in [2.05, 4.69) is 10.4 Å². The molecule has 1 aliphatic carbocycles. The number of nitrogens with zero attached hydrogens (tertiary/aromatic N) is 3. The Hall–Kier alpha value is -3.53. The molecule has 1 aromatic heterocycles. The molecule has 6 rings (SSSR count). The van der Waals surface area contributed by atoms with Crippen LogP contribution in [0.1, 0.15) is 92.6 Å². The molecule has 1 amide bonds. The lowest BCUT2D eigenvalue weighted by molar-refractivity contribution is -0.295. The number of amides is 1. The highest BCUT2D eigenvalue weighted by atomic mass is 16.7. The van der Waals surface area contributed by atoms with Crippen molar-refractivity contribution >= 4 is 34.5 Å². The number of aryl methyl sites for hydroxylation is 1. The first-order valence-corrected chi connectivity index (χ1v) is 21.5. The number of para-hydroxylation sites is 1. The number of fused-ring (bicyclic) bond motifs is 2. The van der Waals surface area contributed by atoms with Gasteiger partial charge in [0.1, 0.15) is 30.0 Å². The van der Waals surface area contributed by atoms with E-state index < -0.39 is 83.4 Å². The number of ether oxygens (including phenoxy) is 5. The number of rotatable bonds is 10. The maximum absolute atomic E-state index is 14.9. The fourth-order valence-corrected chi connectivity index (χ4v) is 10.2. The van der Waals surface area contributed by atoms with E-state index in [-0.39, 0.29) is 30.3 Å². The number of hydrogen-bond donors (Lipinski definition) is 2. The molecular formula is C45H66N4O10. The number of hydrogen-bond acceptors (Lipinski definition) is 13. The van der Waals surface area contributed by atoms with Crippen molar-refractivity contribution in [1.29, 1.82) is 0 Å². The van der Waals surface area contributed by atoms with Crippen molar-refractivity contribution in [2.24, 2.45) is 29.6 Å². The van der Waals surface area contributed by atoms with E-state index in [0.717, 1.165) is 42.1 Å². The first-order valence-electron chi connectivity index (χ1n) is 21.5. The third kappa shape index (κ3) is 8.95. The van der Waals surface area contributed by atoms with E-state index >= 15 is 0 Å². The second-order valence-electron chi connectivity index (χ2n) is 18.3. The number of aromatic nitrogens is 1. The van der Waals surface area contributed by atoms with E-state index in [1.165, 1.54) is 19.0 Å². The van der Waals surface area contributed by atoms with E-state index in [1.54, 1.807) is 33.9 Å². The van der Waals surface area contributed by atoms with Gasteiger partial charge in [-0.25, -0.2) is 15.2 Å². The molecule has 0 bridgehead atoms. The Bertz CT molecular complexity index is 1840. The first-order chi connectivity index (χ1) is 27.9. The van der Waals surface area contributed by atoms with Gasteiger partial charge in [-0.15, -0.1) is 0 Å². The van der Waals surface area contributed by atoms with Gasteiger partial charge in [0.2, 0.25) is 0 Å². The molecule has 59 heavy (non-hydrogen) atoms. The Morgan fingerprint density at radius 2 is 1.71 bits per heavy atom. The molecule has 14 nitrogen and oxygen atoms in total. The quantitative estimate of drug-likeness (QED) is 0.181. The zero-order valence-corrected chi connectivity index (χ0v) is 36.5. The van der Waals surface area contributed by atoms with Gasteiger partial charge in [-0.2, -0.15) is 0 Å². The number of esters is 1. The summed E-state index contributed by atoms with van der Waals surface area (Å²) in [5.41, 5.74) is 2.66. The summed E-state index contributed by atoms with van der Waals surface area (Å²) in [7, 11) is 5.26. The highest BCUT2D eigenvalue weighted by Gasteiger charge is 2.63. The standard InChI is InChI=1S/C45H66N4O10/c1-25-24-44(6,55-10)39(58-42-37(52)34(48(8)9)23-26(2)56-42)28(4)36(51)29(5)41(53)57-40(31-15-13-16-31)45(7)38(27(3)35(25)50)49(43(54)59-45)47-21-14-17-30-20-22-46-33-19-12-11-18-32(30)33/h11-12,18-20,22,25-29,31,34,37-40,42,47,52H,13-17,21,23-24H2,1-10H3/t25-,26-,27+,28+,29-,34+,37-,38-,39-,40-,42+,44-,45+/m1/s1. The molecule has 4 aliphatic rings. The van der Waals surface area contributed by atoms with Crippen LogP contribution in [0.4, 0.5) is 4.79 Å². The molecule has 1 saturated carbocycles. The smallest absolute Gasteiger partial charge is 0.425 e. The van der Waals surface area contributed by atoms with E-state index in [1.807, 2.05) is 63.2 Å². The number of benzene rings is 1. The Balaban J connectivity index is 1.33. The van der Waals surface area contributed by atoms with Crippen molar-refractivity contribution in [3.8, 4) is 0 Å². The van der Waals surface area contributed by atoms with Crippen LogP contribution in [-0.4, -0.2) is 125 Å². The molecular weight excluding hydrogens is 757 g/mol. The van der Waals surface area contributed by atoms with Crippen molar-refractivity contribution < 1.29 is 48.0 Å². The minimum atomic E-state index is -1.43. The second kappa shape index (κ2) is 18.2. The number of cyclic esters (lactones) is 1. The Morgan fingerprint density at radius 3 is 2.37 bits per heavy atom. The van der Waals surface area contributed by atoms with Crippen LogP contribution in [0.25, 0.3) is 10.9 Å². The molecule has 14 heteroatoms. The van der Waals surface area contributed by atoms with Crippen LogP contribution in [0.3, 0.4) is 0 Å². The van der Waals surface area contributed by atoms with Crippen LogP contribution in [-0.2, 0) is 44.5 Å². The maximum atomic E-state index is 14.9. The lowest BCUT2D eigenvalue weighted by Gasteiger charge is -2.47. The molecule has 4 fully saturated rings. The fourth-order valence-electron chi connectivity index (χ4n) is 10.2. The second-order valence-corrected chi connectivity index (χ2v) is 18.3. The molecule has 3 saturated heterocycles. The van der Waals surface area contributed by atoms with Crippen molar-refractivity contribution in [1.82, 2.24) is 20.3 Å². The SMILES string of the molecule is CO[C@]1(C)C[C@@H](C)C(=O)[C@H](C)[C@H]2N(NCCCc3ccnc4ccccc34)C(=O)O[C@]2(C)[C@@H](C2CCC2)OC(=O)[C@H](C)C(=O)[C@H](C)[C@H]1O[C@@H]1O[C@H](C)C[C@H](N(C)C)[C@H]1O. The summed E-state index contributed by atoms with van der Waals surface area (Å²) < 4.78 is 31.7. The van der Waals surface area contributed by atoms with Crippen LogP contribution >= 0.6 is 0 Å². The first kappa shape index (κ1) is 45.0. The van der Waals surface area contributed by atoms with Gasteiger partial charge in [-0.3, -0.25) is 19.4 Å². The number of aliphatic hydroxyl groups excluding tert-OH is 1. The topological polar surface area (TPSA) is 166 Å². The predicted molar refractivity (Wildman–Crippen MR) is 220 cm³/mol. The third-order valence-corrected chi connectivity index (χ3v) is 13.8. The molecule has 2 N–H and O–H groups in total. The summed E-state index contributed by atoms with van der Waals surface area (Å²) in [4.78, 5) is 64.0. The van der Waals surface area contributed by atoms with Crippen LogP contribution in [0.15, 0.2) is 36.5 Å². The Morgan fingerprint density at radius 1 is 1.00 bits per heavy atom.